The molecule has 0 aliphatic carbocycles. The smallest absolute Gasteiger partial charge is 0.261 e. The van der Waals surface area contributed by atoms with Crippen molar-refractivity contribution < 1.29 is 13.2 Å². The molecule has 0 heterocycles. The fourth-order valence-electron chi connectivity index (χ4n) is 2.91. The number of amides is 1. The Labute approximate surface area is 182 Å². The molecule has 3 aromatic carbocycles. The molecule has 0 aliphatic rings. The van der Waals surface area contributed by atoms with Gasteiger partial charge in [0.05, 0.1) is 10.1 Å². The van der Waals surface area contributed by atoms with Crippen LogP contribution in [0.15, 0.2) is 82.6 Å². The number of thioether (sulfide) groups is 1. The third-order valence-electron chi connectivity index (χ3n) is 4.57. The van der Waals surface area contributed by atoms with E-state index in [2.05, 4.69) is 10.0 Å². The Morgan fingerprint density at radius 1 is 0.867 bits per heavy atom. The van der Waals surface area contributed by atoms with Gasteiger partial charge >= 0.3 is 0 Å². The molecule has 0 aromatic heterocycles. The fraction of sp³-hybridized carbons (Fsp3) is 0.174. The second kappa shape index (κ2) is 9.36. The third kappa shape index (κ3) is 5.43. The van der Waals surface area contributed by atoms with Gasteiger partial charge in [0.1, 0.15) is 0 Å². The summed E-state index contributed by atoms with van der Waals surface area (Å²) in [5.41, 5.74) is 3.36. The van der Waals surface area contributed by atoms with E-state index in [0.717, 1.165) is 21.7 Å². The first-order valence-corrected chi connectivity index (χ1v) is 11.8. The monoisotopic (exact) mass is 440 g/mol. The second-order valence-corrected chi connectivity index (χ2v) is 10.1. The number of hydrogen-bond acceptors (Lipinski definition) is 4. The number of aryl methyl sites for hydroxylation is 2. The van der Waals surface area contributed by atoms with Crippen LogP contribution in [-0.4, -0.2) is 19.6 Å². The van der Waals surface area contributed by atoms with Gasteiger partial charge in [-0.15, -0.1) is 11.8 Å². The van der Waals surface area contributed by atoms with Crippen LogP contribution in [0.5, 0.6) is 0 Å². The third-order valence-corrected chi connectivity index (χ3v) is 7.08. The van der Waals surface area contributed by atoms with E-state index in [1.165, 1.54) is 11.8 Å². The molecule has 0 saturated carbocycles. The minimum absolute atomic E-state index is 0.0775. The predicted octanol–water partition coefficient (Wildman–Crippen LogP) is 5.22. The predicted molar refractivity (Wildman–Crippen MR) is 124 cm³/mol. The first-order valence-electron chi connectivity index (χ1n) is 9.48. The van der Waals surface area contributed by atoms with Gasteiger partial charge in [-0.05, 0) is 68.3 Å². The summed E-state index contributed by atoms with van der Waals surface area (Å²) in [7, 11) is -3.63. The standard InChI is InChI=1S/C23H24N2O3S2/c1-16-8-7-9-17(2)22(16)24-23(26)18(3)29-20-14-12-19(13-15-20)25-30(27,28)21-10-5-4-6-11-21/h4-15,18,25H,1-3H3,(H,24,26). The van der Waals surface area contributed by atoms with Crippen LogP contribution in [0.2, 0.25) is 0 Å². The van der Waals surface area contributed by atoms with Crippen LogP contribution in [0, 0.1) is 13.8 Å². The molecule has 3 aromatic rings. The topological polar surface area (TPSA) is 75.3 Å². The second-order valence-electron chi connectivity index (χ2n) is 6.96. The number of carbonyl (C=O) groups is 1. The number of benzene rings is 3. The molecule has 1 unspecified atom stereocenters. The van der Waals surface area contributed by atoms with Gasteiger partial charge in [0, 0.05) is 16.3 Å². The molecule has 7 heteroatoms. The van der Waals surface area contributed by atoms with E-state index in [0.29, 0.717) is 5.69 Å². The molecule has 0 radical (unpaired) electrons. The van der Waals surface area contributed by atoms with Gasteiger partial charge in [-0.2, -0.15) is 0 Å². The zero-order valence-electron chi connectivity index (χ0n) is 17.0. The highest BCUT2D eigenvalue weighted by atomic mass is 32.2. The summed E-state index contributed by atoms with van der Waals surface area (Å²) in [4.78, 5) is 13.7. The zero-order valence-corrected chi connectivity index (χ0v) is 18.7. The largest absolute Gasteiger partial charge is 0.325 e. The molecular weight excluding hydrogens is 416 g/mol. The molecule has 3 rings (SSSR count). The Hall–Kier alpha value is -2.77. The van der Waals surface area contributed by atoms with E-state index < -0.39 is 10.0 Å². The van der Waals surface area contributed by atoms with Gasteiger partial charge in [0.15, 0.2) is 0 Å². The summed E-state index contributed by atoms with van der Waals surface area (Å²) >= 11 is 1.42. The van der Waals surface area contributed by atoms with Crippen molar-refractivity contribution in [2.75, 3.05) is 10.0 Å². The maximum absolute atomic E-state index is 12.6. The SMILES string of the molecule is Cc1cccc(C)c1NC(=O)C(C)Sc1ccc(NS(=O)(=O)c2ccccc2)cc1. The van der Waals surface area contributed by atoms with Crippen molar-refractivity contribution in [3.05, 3.63) is 83.9 Å². The normalized spacial score (nSPS) is 12.2. The molecular formula is C23H24N2O3S2. The number of para-hydroxylation sites is 1. The van der Waals surface area contributed by atoms with Crippen molar-refractivity contribution in [2.24, 2.45) is 0 Å². The number of anilines is 2. The van der Waals surface area contributed by atoms with Gasteiger partial charge in [-0.25, -0.2) is 8.42 Å². The van der Waals surface area contributed by atoms with Crippen molar-refractivity contribution in [3.8, 4) is 0 Å². The van der Waals surface area contributed by atoms with E-state index in [9.17, 15) is 13.2 Å². The van der Waals surface area contributed by atoms with Crippen LogP contribution in [-0.2, 0) is 14.8 Å². The minimum atomic E-state index is -3.63. The summed E-state index contributed by atoms with van der Waals surface area (Å²) in [6.07, 6.45) is 0. The number of nitrogens with one attached hydrogen (secondary N) is 2. The van der Waals surface area contributed by atoms with Crippen molar-refractivity contribution in [1.29, 1.82) is 0 Å². The first-order chi connectivity index (χ1) is 14.3. The summed E-state index contributed by atoms with van der Waals surface area (Å²) in [5.74, 6) is -0.0775. The van der Waals surface area contributed by atoms with Gasteiger partial charge in [0.25, 0.3) is 10.0 Å². The lowest BCUT2D eigenvalue weighted by molar-refractivity contribution is -0.115. The average Bonchev–Trinajstić information content (AvgIpc) is 2.72. The minimum Gasteiger partial charge on any atom is -0.325 e. The maximum Gasteiger partial charge on any atom is 0.261 e. The first kappa shape index (κ1) is 21.9. The Kier molecular flexibility index (Phi) is 6.84. The Balaban J connectivity index is 1.63. The Bertz CT molecular complexity index is 1110. The average molecular weight is 441 g/mol. The fourth-order valence-corrected chi connectivity index (χ4v) is 4.86. The van der Waals surface area contributed by atoms with Crippen LogP contribution < -0.4 is 10.0 Å². The summed E-state index contributed by atoms with van der Waals surface area (Å²) in [5, 5.41) is 2.70. The van der Waals surface area contributed by atoms with Crippen LogP contribution in [0.25, 0.3) is 0 Å². The number of hydrogen-bond donors (Lipinski definition) is 2. The van der Waals surface area contributed by atoms with Crippen LogP contribution in [0.3, 0.4) is 0 Å². The van der Waals surface area contributed by atoms with E-state index in [1.807, 2.05) is 39.0 Å². The summed E-state index contributed by atoms with van der Waals surface area (Å²) in [6, 6.07) is 21.1. The highest BCUT2D eigenvalue weighted by Gasteiger charge is 2.17. The number of sulfonamides is 1. The van der Waals surface area contributed by atoms with Crippen LogP contribution in [0.4, 0.5) is 11.4 Å². The lowest BCUT2D eigenvalue weighted by atomic mass is 10.1. The van der Waals surface area contributed by atoms with Crippen molar-refractivity contribution in [1.82, 2.24) is 0 Å². The lowest BCUT2D eigenvalue weighted by Crippen LogP contribution is -2.23. The Morgan fingerprint density at radius 2 is 1.47 bits per heavy atom. The summed E-state index contributed by atoms with van der Waals surface area (Å²) < 4.78 is 27.4. The van der Waals surface area contributed by atoms with E-state index in [-0.39, 0.29) is 16.1 Å². The molecule has 1 atom stereocenters. The molecule has 156 valence electrons. The highest BCUT2D eigenvalue weighted by molar-refractivity contribution is 8.00. The van der Waals surface area contributed by atoms with Gasteiger partial charge in [-0.1, -0.05) is 36.4 Å². The molecule has 0 fully saturated rings. The van der Waals surface area contributed by atoms with Crippen molar-refractivity contribution in [3.63, 3.8) is 0 Å². The molecule has 0 spiro atoms. The maximum atomic E-state index is 12.6. The molecule has 0 bridgehead atoms. The van der Waals surface area contributed by atoms with Crippen LogP contribution >= 0.6 is 11.8 Å². The van der Waals surface area contributed by atoms with Crippen molar-refractivity contribution in [2.45, 2.75) is 35.8 Å². The van der Waals surface area contributed by atoms with Crippen molar-refractivity contribution >= 4 is 39.1 Å². The molecule has 1 amide bonds. The molecule has 5 nitrogen and oxygen atoms in total. The van der Waals surface area contributed by atoms with Gasteiger partial charge in [0.2, 0.25) is 5.91 Å². The molecule has 2 N–H and O–H groups in total. The van der Waals surface area contributed by atoms with Crippen LogP contribution in [0.1, 0.15) is 18.1 Å². The van der Waals surface area contributed by atoms with E-state index in [4.69, 9.17) is 0 Å². The lowest BCUT2D eigenvalue weighted by Gasteiger charge is -2.15. The van der Waals surface area contributed by atoms with Gasteiger partial charge in [-0.3, -0.25) is 9.52 Å². The van der Waals surface area contributed by atoms with E-state index >= 15 is 0 Å². The number of carbonyl (C=O) groups excluding carboxylic acids is 1. The molecule has 30 heavy (non-hydrogen) atoms. The highest BCUT2D eigenvalue weighted by Crippen LogP contribution is 2.27. The Morgan fingerprint density at radius 3 is 2.07 bits per heavy atom. The van der Waals surface area contributed by atoms with E-state index in [1.54, 1.807) is 54.6 Å². The summed E-state index contributed by atoms with van der Waals surface area (Å²) in [6.45, 7) is 5.78. The quantitative estimate of drug-likeness (QED) is 0.494. The number of rotatable bonds is 7. The zero-order chi connectivity index (χ0) is 21.7. The molecule has 0 aliphatic heterocycles. The van der Waals surface area contributed by atoms with Gasteiger partial charge < -0.3 is 5.32 Å². The molecule has 0 saturated heterocycles.